The number of carboxylic acid groups (broad SMARTS) is 1. The summed E-state index contributed by atoms with van der Waals surface area (Å²) in [4.78, 5) is 41.4. The number of hydroxylamine groups is 1. The molecule has 0 spiro atoms. The molecule has 35 heavy (non-hydrogen) atoms. The van der Waals surface area contributed by atoms with Crippen molar-refractivity contribution in [1.82, 2.24) is 20.7 Å². The number of nitrogens with one attached hydrogen (secondary N) is 2. The van der Waals surface area contributed by atoms with Crippen LogP contribution >= 0.6 is 0 Å². The molecular weight excluding hydrogens is 452 g/mol. The second kappa shape index (κ2) is 10.4. The number of hydrogen-bond donors (Lipinski definition) is 4. The Morgan fingerprint density at radius 2 is 1.86 bits per heavy atom. The first-order valence-electron chi connectivity index (χ1n) is 11.2. The number of nitrogens with zero attached hydrogens (tertiary/aromatic N) is 2. The van der Waals surface area contributed by atoms with Gasteiger partial charge in [0.15, 0.2) is 0 Å². The molecule has 1 aromatic heterocycles. The normalized spacial score (nSPS) is 17.3. The predicted octanol–water partition coefficient (Wildman–Crippen LogP) is 2.38. The maximum Gasteiger partial charge on any atom is 0.407 e. The summed E-state index contributed by atoms with van der Waals surface area (Å²) in [6.07, 6.45) is -0.503. The van der Waals surface area contributed by atoms with Gasteiger partial charge in [0.05, 0.1) is 24.1 Å². The van der Waals surface area contributed by atoms with Crippen molar-refractivity contribution in [2.45, 2.75) is 19.4 Å². The Bertz CT molecular complexity index is 1250. The SMILES string of the molecule is Cc1cc(CCOc2ccc(C(=O)NC3CN(C(=O)O)C[C@@H]3C(=O)NO)cc2)c2ccccc2n1. The number of hydrogen-bond acceptors (Lipinski definition) is 6. The molecule has 182 valence electrons. The minimum Gasteiger partial charge on any atom is -0.493 e. The van der Waals surface area contributed by atoms with E-state index in [1.54, 1.807) is 24.3 Å². The minimum atomic E-state index is -1.20. The van der Waals surface area contributed by atoms with E-state index in [9.17, 15) is 19.5 Å². The molecule has 2 heterocycles. The molecule has 2 atom stereocenters. The molecule has 10 heteroatoms. The lowest BCUT2D eigenvalue weighted by Gasteiger charge is -2.18. The quantitative estimate of drug-likeness (QED) is 0.302. The second-order valence-corrected chi connectivity index (χ2v) is 8.41. The lowest BCUT2D eigenvalue weighted by atomic mass is 10.0. The third kappa shape index (κ3) is 5.49. The van der Waals surface area contributed by atoms with E-state index < -0.39 is 29.9 Å². The van der Waals surface area contributed by atoms with Crippen molar-refractivity contribution in [3.8, 4) is 5.75 Å². The average molecular weight is 479 g/mol. The van der Waals surface area contributed by atoms with Crippen LogP contribution in [0.15, 0.2) is 54.6 Å². The van der Waals surface area contributed by atoms with E-state index in [2.05, 4.69) is 16.4 Å². The molecule has 0 bridgehead atoms. The van der Waals surface area contributed by atoms with Gasteiger partial charge in [0, 0.05) is 36.2 Å². The number of amides is 3. The zero-order valence-corrected chi connectivity index (χ0v) is 19.1. The van der Waals surface area contributed by atoms with E-state index in [-0.39, 0.29) is 13.1 Å². The summed E-state index contributed by atoms with van der Waals surface area (Å²) in [5, 5.41) is 21.9. The Morgan fingerprint density at radius 3 is 2.57 bits per heavy atom. The predicted molar refractivity (Wildman–Crippen MR) is 126 cm³/mol. The Hall–Kier alpha value is -4.18. The fraction of sp³-hybridized carbons (Fsp3) is 0.280. The molecule has 10 nitrogen and oxygen atoms in total. The maximum absolute atomic E-state index is 12.7. The molecule has 1 aliphatic heterocycles. The molecule has 0 aliphatic carbocycles. The zero-order valence-electron chi connectivity index (χ0n) is 19.1. The van der Waals surface area contributed by atoms with Crippen LogP contribution in [0.3, 0.4) is 0 Å². The standard InChI is InChI=1S/C25H26N4O6/c1-15-12-17(19-4-2-3-5-21(19)26-15)10-11-35-18-8-6-16(7-9-18)23(30)27-22-14-29(25(32)33)13-20(22)24(31)28-34/h2-9,12,20,22,34H,10-11,13-14H2,1H3,(H,27,30)(H,28,31)(H,32,33)/t20-,22?/m0/s1. The molecule has 3 aromatic rings. The van der Waals surface area contributed by atoms with E-state index >= 15 is 0 Å². The second-order valence-electron chi connectivity index (χ2n) is 8.41. The number of benzene rings is 2. The largest absolute Gasteiger partial charge is 0.493 e. The number of likely N-dealkylation sites (tertiary alicyclic amines) is 1. The van der Waals surface area contributed by atoms with Crippen LogP contribution in [0, 0.1) is 12.8 Å². The molecule has 1 unspecified atom stereocenters. The van der Waals surface area contributed by atoms with Crippen molar-refractivity contribution in [3.05, 3.63) is 71.4 Å². The fourth-order valence-electron chi connectivity index (χ4n) is 4.29. The monoisotopic (exact) mass is 478 g/mol. The molecule has 1 saturated heterocycles. The van der Waals surface area contributed by atoms with E-state index in [0.717, 1.165) is 27.1 Å². The van der Waals surface area contributed by atoms with Crippen molar-refractivity contribution < 1.29 is 29.4 Å². The number of rotatable bonds is 7. The lowest BCUT2D eigenvalue weighted by molar-refractivity contribution is -0.133. The van der Waals surface area contributed by atoms with E-state index in [4.69, 9.17) is 9.94 Å². The third-order valence-corrected chi connectivity index (χ3v) is 6.04. The van der Waals surface area contributed by atoms with Crippen molar-refractivity contribution in [2.75, 3.05) is 19.7 Å². The minimum absolute atomic E-state index is 0.0521. The molecule has 0 saturated carbocycles. The summed E-state index contributed by atoms with van der Waals surface area (Å²) in [6, 6.07) is 15.8. The number of para-hydroxylation sites is 1. The summed E-state index contributed by atoms with van der Waals surface area (Å²) in [5.74, 6) is -1.49. The van der Waals surface area contributed by atoms with Crippen LogP contribution in [-0.4, -0.2) is 63.8 Å². The molecule has 3 amide bonds. The van der Waals surface area contributed by atoms with Gasteiger partial charge in [-0.2, -0.15) is 0 Å². The van der Waals surface area contributed by atoms with Crippen molar-refractivity contribution >= 4 is 28.8 Å². The number of ether oxygens (including phenoxy) is 1. The molecule has 2 aromatic carbocycles. The van der Waals surface area contributed by atoms with Gasteiger partial charge in [-0.1, -0.05) is 18.2 Å². The molecular formula is C25H26N4O6. The van der Waals surface area contributed by atoms with Gasteiger partial charge in [0.1, 0.15) is 5.75 Å². The fourth-order valence-corrected chi connectivity index (χ4v) is 4.29. The number of carbonyl (C=O) groups excluding carboxylic acids is 2. The van der Waals surface area contributed by atoms with Crippen LogP contribution in [0.5, 0.6) is 5.75 Å². The number of pyridine rings is 1. The Balaban J connectivity index is 1.35. The first kappa shape index (κ1) is 24.0. The number of carbonyl (C=O) groups is 3. The average Bonchev–Trinajstić information content (AvgIpc) is 3.28. The molecule has 1 aliphatic rings. The van der Waals surface area contributed by atoms with Gasteiger partial charge in [0.2, 0.25) is 5.91 Å². The third-order valence-electron chi connectivity index (χ3n) is 6.04. The van der Waals surface area contributed by atoms with Crippen LogP contribution in [0.4, 0.5) is 4.79 Å². The molecule has 4 N–H and O–H groups in total. The first-order valence-corrected chi connectivity index (χ1v) is 11.2. The van der Waals surface area contributed by atoms with Gasteiger partial charge in [-0.3, -0.25) is 19.8 Å². The summed E-state index contributed by atoms with van der Waals surface area (Å²) in [6.45, 7) is 2.24. The Morgan fingerprint density at radius 1 is 1.11 bits per heavy atom. The number of aryl methyl sites for hydroxylation is 1. The van der Waals surface area contributed by atoms with E-state index in [1.807, 2.05) is 31.2 Å². The molecule has 1 fully saturated rings. The van der Waals surface area contributed by atoms with Crippen LogP contribution in [0.2, 0.25) is 0 Å². The molecule has 0 radical (unpaired) electrons. The van der Waals surface area contributed by atoms with Crippen molar-refractivity contribution in [3.63, 3.8) is 0 Å². The summed E-state index contributed by atoms with van der Waals surface area (Å²) < 4.78 is 5.87. The number of aromatic nitrogens is 1. The zero-order chi connectivity index (χ0) is 24.9. The van der Waals surface area contributed by atoms with Gasteiger partial charge < -0.3 is 20.1 Å². The Labute approximate surface area is 201 Å². The maximum atomic E-state index is 12.7. The van der Waals surface area contributed by atoms with Crippen molar-refractivity contribution in [2.24, 2.45) is 5.92 Å². The highest BCUT2D eigenvalue weighted by atomic mass is 16.5. The lowest BCUT2D eigenvalue weighted by Crippen LogP contribution is -2.45. The highest BCUT2D eigenvalue weighted by Gasteiger charge is 2.40. The van der Waals surface area contributed by atoms with Gasteiger partial charge >= 0.3 is 6.09 Å². The topological polar surface area (TPSA) is 141 Å². The smallest absolute Gasteiger partial charge is 0.407 e. The van der Waals surface area contributed by atoms with Crippen LogP contribution < -0.4 is 15.5 Å². The van der Waals surface area contributed by atoms with Gasteiger partial charge in [-0.05, 0) is 48.9 Å². The van der Waals surface area contributed by atoms with Gasteiger partial charge in [-0.25, -0.2) is 10.3 Å². The summed E-state index contributed by atoms with van der Waals surface area (Å²) in [7, 11) is 0. The van der Waals surface area contributed by atoms with Gasteiger partial charge in [-0.15, -0.1) is 0 Å². The first-order chi connectivity index (χ1) is 16.9. The van der Waals surface area contributed by atoms with E-state index in [1.165, 1.54) is 5.48 Å². The van der Waals surface area contributed by atoms with Crippen LogP contribution in [-0.2, 0) is 11.2 Å². The Kier molecular flexibility index (Phi) is 7.11. The highest BCUT2D eigenvalue weighted by Crippen LogP contribution is 2.21. The summed E-state index contributed by atoms with van der Waals surface area (Å²) >= 11 is 0. The van der Waals surface area contributed by atoms with Gasteiger partial charge in [0.25, 0.3) is 5.91 Å². The van der Waals surface area contributed by atoms with Crippen LogP contribution in [0.25, 0.3) is 10.9 Å². The number of fused-ring (bicyclic) bond motifs is 1. The van der Waals surface area contributed by atoms with Crippen LogP contribution in [0.1, 0.15) is 21.6 Å². The van der Waals surface area contributed by atoms with E-state index in [0.29, 0.717) is 24.3 Å². The van der Waals surface area contributed by atoms with Crippen molar-refractivity contribution in [1.29, 1.82) is 0 Å². The summed E-state index contributed by atoms with van der Waals surface area (Å²) in [5.41, 5.74) is 4.91. The molecule has 4 rings (SSSR count). The highest BCUT2D eigenvalue weighted by molar-refractivity contribution is 5.95.